The first-order valence-corrected chi connectivity index (χ1v) is 24.2. The number of nitrogens with one attached hydrogen (secondary N) is 1. The number of hydrogen-bond acceptors (Lipinski definition) is 33. The Morgan fingerprint density at radius 2 is 0.797 bits per heavy atom. The lowest BCUT2D eigenvalue weighted by atomic mass is 9.95. The minimum absolute atomic E-state index is 0.879. The van der Waals surface area contributed by atoms with Crippen molar-refractivity contribution < 1.29 is 166 Å². The van der Waals surface area contributed by atoms with E-state index in [-0.39, 0.29) is 0 Å². The third-order valence-electron chi connectivity index (χ3n) is 13.0. The van der Waals surface area contributed by atoms with Gasteiger partial charge >= 0.3 is 10.4 Å². The first-order chi connectivity index (χ1) is 34.8. The van der Waals surface area contributed by atoms with E-state index in [1.54, 1.807) is 0 Å². The molecule has 6 aliphatic rings. The molecular weight excluding hydrogens is 1050 g/mol. The van der Waals surface area contributed by atoms with Crippen LogP contribution in [0.25, 0.3) is 0 Å². The summed E-state index contributed by atoms with van der Waals surface area (Å²) in [5.74, 6) is -0.879. The normalized spacial score (nSPS) is 49.6. The van der Waals surface area contributed by atoms with E-state index in [9.17, 15) is 110 Å². The second-order valence-corrected chi connectivity index (χ2v) is 19.1. The molecule has 6 saturated heterocycles. The molecule has 74 heavy (non-hydrogen) atoms. The predicted molar refractivity (Wildman–Crippen MR) is 221 cm³/mol. The molecule has 0 saturated carbocycles. The highest BCUT2D eigenvalue weighted by molar-refractivity contribution is 7.80. The highest BCUT2D eigenvalue weighted by atomic mass is 32.3. The molecule has 0 aromatic rings. The quantitative estimate of drug-likeness (QED) is 0.0534. The van der Waals surface area contributed by atoms with Gasteiger partial charge < -0.3 is 149 Å². The fourth-order valence-corrected chi connectivity index (χ4v) is 9.56. The van der Waals surface area contributed by atoms with Crippen molar-refractivity contribution in [3.63, 3.8) is 0 Å². The molecule has 6 heterocycles. The lowest BCUT2D eigenvalue weighted by molar-refractivity contribution is -0.392. The smallest absolute Gasteiger partial charge is 0.394 e. The summed E-state index contributed by atoms with van der Waals surface area (Å²) in [7, 11) is -5.38. The molecule has 35 nitrogen and oxygen atoms in total. The predicted octanol–water partition coefficient (Wildman–Crippen LogP) is -14.1. The van der Waals surface area contributed by atoms with Crippen LogP contribution >= 0.6 is 0 Å². The Balaban J connectivity index is 1.26. The molecule has 0 radical (unpaired) electrons. The molecule has 0 aromatic carbocycles. The molecule has 36 heteroatoms. The minimum atomic E-state index is -5.38. The van der Waals surface area contributed by atoms with E-state index in [4.69, 9.17) is 52.1 Å². The van der Waals surface area contributed by atoms with Gasteiger partial charge in [-0.3, -0.25) is 9.35 Å². The average Bonchev–Trinajstić information content (AvgIpc) is 3.35. The summed E-state index contributed by atoms with van der Waals surface area (Å²) in [6.07, 6.45) is -58.5. The molecule has 0 aliphatic carbocycles. The van der Waals surface area contributed by atoms with Crippen LogP contribution in [-0.4, -0.2) is 335 Å². The molecule has 0 aromatic heterocycles. The van der Waals surface area contributed by atoms with Crippen molar-refractivity contribution in [3.8, 4) is 0 Å². The maximum atomic E-state index is 12.5. The molecule has 30 atom stereocenters. The number of carbonyl (C=O) groups is 1. The van der Waals surface area contributed by atoms with Gasteiger partial charge in [0.05, 0.1) is 39.6 Å². The zero-order chi connectivity index (χ0) is 54.8. The monoisotopic (exact) mass is 1110 g/mol. The van der Waals surface area contributed by atoms with E-state index < -0.39 is 240 Å². The Kier molecular flexibility index (Phi) is 21.5. The van der Waals surface area contributed by atoms with E-state index in [1.807, 2.05) is 0 Å². The summed E-state index contributed by atoms with van der Waals surface area (Å²) in [6.45, 7) is -5.12. The van der Waals surface area contributed by atoms with Gasteiger partial charge in [0.1, 0.15) is 146 Å². The van der Waals surface area contributed by atoms with Crippen molar-refractivity contribution in [2.75, 3.05) is 39.6 Å². The van der Waals surface area contributed by atoms with E-state index in [1.165, 1.54) is 0 Å². The lowest BCUT2D eigenvalue weighted by Gasteiger charge is -2.49. The lowest BCUT2D eigenvalue weighted by Crippen LogP contribution is -2.69. The van der Waals surface area contributed by atoms with Crippen LogP contribution in [0.15, 0.2) is 0 Å². The summed E-state index contributed by atoms with van der Waals surface area (Å²) >= 11 is 0. The molecule has 20 N–H and O–H groups in total. The highest BCUT2D eigenvalue weighted by Gasteiger charge is 2.57. The van der Waals surface area contributed by atoms with Crippen LogP contribution in [-0.2, 0) is 71.5 Å². The van der Waals surface area contributed by atoms with E-state index >= 15 is 0 Å². The number of ether oxygens (including phenoxy) is 11. The van der Waals surface area contributed by atoms with Gasteiger partial charge in [0.15, 0.2) is 37.7 Å². The van der Waals surface area contributed by atoms with Crippen molar-refractivity contribution in [1.29, 1.82) is 0 Å². The number of hydrogen-bond donors (Lipinski definition) is 20. The first kappa shape index (κ1) is 61.4. The van der Waals surface area contributed by atoms with E-state index in [0.29, 0.717) is 0 Å². The van der Waals surface area contributed by atoms with Gasteiger partial charge in [0.25, 0.3) is 0 Å². The van der Waals surface area contributed by atoms with Gasteiger partial charge in [-0.15, -0.1) is 0 Å². The van der Waals surface area contributed by atoms with E-state index in [2.05, 4.69) is 9.50 Å². The fourth-order valence-electron chi connectivity index (χ4n) is 9.05. The minimum Gasteiger partial charge on any atom is -0.394 e. The van der Waals surface area contributed by atoms with Crippen LogP contribution < -0.4 is 5.32 Å². The summed E-state index contributed by atoms with van der Waals surface area (Å²) < 4.78 is 98.4. The van der Waals surface area contributed by atoms with Gasteiger partial charge in [-0.25, -0.2) is 4.18 Å². The van der Waals surface area contributed by atoms with Gasteiger partial charge in [0.2, 0.25) is 5.91 Å². The fraction of sp³-hybridized carbons (Fsp3) is 0.974. The Morgan fingerprint density at radius 3 is 1.27 bits per heavy atom. The second-order valence-electron chi connectivity index (χ2n) is 18.0. The number of amides is 1. The number of aliphatic hydroxyl groups is 18. The van der Waals surface area contributed by atoms with Crippen LogP contribution in [0.4, 0.5) is 0 Å². The zero-order valence-electron chi connectivity index (χ0n) is 38.6. The molecule has 6 rings (SSSR count). The first-order valence-electron chi connectivity index (χ1n) is 22.8. The summed E-state index contributed by atoms with van der Waals surface area (Å²) in [6, 6.07) is -1.78. The molecule has 432 valence electrons. The average molecular weight is 1110 g/mol. The summed E-state index contributed by atoms with van der Waals surface area (Å²) in [5, 5.41) is 194. The van der Waals surface area contributed by atoms with Gasteiger partial charge in [-0.1, -0.05) is 0 Å². The molecule has 0 bridgehead atoms. The molecule has 0 spiro atoms. The molecule has 1 amide bonds. The third kappa shape index (κ3) is 13.4. The molecule has 1 unspecified atom stereocenters. The van der Waals surface area contributed by atoms with Crippen LogP contribution in [0, 0.1) is 0 Å². The van der Waals surface area contributed by atoms with Crippen molar-refractivity contribution in [3.05, 3.63) is 0 Å². The van der Waals surface area contributed by atoms with Gasteiger partial charge in [0, 0.05) is 6.92 Å². The van der Waals surface area contributed by atoms with E-state index in [0.717, 1.165) is 6.92 Å². The van der Waals surface area contributed by atoms with Crippen molar-refractivity contribution in [2.24, 2.45) is 0 Å². The van der Waals surface area contributed by atoms with Crippen molar-refractivity contribution in [1.82, 2.24) is 5.32 Å². The van der Waals surface area contributed by atoms with Crippen molar-refractivity contribution >= 4 is 16.3 Å². The Bertz CT molecular complexity index is 1880. The van der Waals surface area contributed by atoms with Crippen LogP contribution in [0.3, 0.4) is 0 Å². The zero-order valence-corrected chi connectivity index (χ0v) is 39.4. The van der Waals surface area contributed by atoms with Gasteiger partial charge in [-0.2, -0.15) is 8.42 Å². The second kappa shape index (κ2) is 26.0. The number of aliphatic hydroxyl groups excluding tert-OH is 18. The number of carbonyl (C=O) groups excluding carboxylic acids is 1. The molecular formula is C38H65NO34S. The molecule has 6 fully saturated rings. The Morgan fingerprint density at radius 1 is 0.419 bits per heavy atom. The Labute approximate surface area is 417 Å². The molecule has 6 aliphatic heterocycles. The maximum absolute atomic E-state index is 12.5. The van der Waals surface area contributed by atoms with Gasteiger partial charge in [-0.05, 0) is 0 Å². The third-order valence-corrected chi connectivity index (χ3v) is 13.5. The van der Waals surface area contributed by atoms with Crippen LogP contribution in [0.2, 0.25) is 0 Å². The highest BCUT2D eigenvalue weighted by Crippen LogP contribution is 2.36. The standard InChI is InChI=1S/C38H65NO34S/c1-8(45)39-15-20(50)28(69-38-27(57)32(73-74(59,60)61)18(48)11(4-42)66-38)13(6-44)67-34(15)62-7-14-19(49)31(26(56)37(68-14)70-29-12(5-43)63-33(58)23(53)22(29)52)72-36-25(55)30(17(47)10(3-41)65-36)71-35-24(54)21(51)16(46)9(2-40)64-35/h9-38,40-44,46-58H,2-7H2,1H3,(H,39,45)(H,59,60,61)/t9-,10-,11-,12-,13-,14-,15-,16+,17+,18+,19+,20-,21+,22-,23-,24-,25-,26-,27-,28-,29-,30+,31+,32+,33?,34-,35+,36+,37+,38+/m1/s1. The van der Waals surface area contributed by atoms with Crippen molar-refractivity contribution in [2.45, 2.75) is 191 Å². The van der Waals surface area contributed by atoms with Crippen LogP contribution in [0.5, 0.6) is 0 Å². The maximum Gasteiger partial charge on any atom is 0.397 e. The SMILES string of the molecule is CC(=O)N[C@H]1[C@H](OC[C@H]2O[C@@H](O[C@H]3[C@H](O)[C@@H](O)C(O)O[C@@H]3CO)[C@H](O)[C@@H](O[C@@H]3O[C@H](CO)[C@H](O)[C@H](O[C@@H]4O[C@H](CO)[C@H](O)[C@H](O)[C@H]4O)[C@H]3O)[C@H]2O)O[C@H](CO)[C@@H](O[C@@H]2O[C@H](CO)[C@H](O)[C@H](OS(=O)(=O)O)[C@H]2O)[C@@H]1O. The summed E-state index contributed by atoms with van der Waals surface area (Å²) in [4.78, 5) is 12.5. The largest absolute Gasteiger partial charge is 0.397 e. The Hall–Kier alpha value is -1.82. The van der Waals surface area contributed by atoms with Crippen LogP contribution in [0.1, 0.15) is 6.92 Å². The summed E-state index contributed by atoms with van der Waals surface area (Å²) in [5.41, 5.74) is 0. The number of rotatable bonds is 19. The topological polar surface area (TPSA) is 558 Å².